The molecule has 2 aromatic rings. The Morgan fingerprint density at radius 2 is 1.58 bits per heavy atom. The van der Waals surface area contributed by atoms with E-state index in [0.717, 1.165) is 6.42 Å². The minimum atomic E-state index is -2.79. The van der Waals surface area contributed by atoms with Gasteiger partial charge in [0.2, 0.25) is 0 Å². The molecule has 1 unspecified atom stereocenters. The second-order valence-corrected chi connectivity index (χ2v) is 6.14. The van der Waals surface area contributed by atoms with E-state index < -0.39 is 5.66 Å². The van der Waals surface area contributed by atoms with Crippen LogP contribution >= 0.6 is 9.24 Å². The Morgan fingerprint density at radius 3 is 1.88 bits per heavy atom. The second-order valence-electron chi connectivity index (χ2n) is 5.41. The lowest BCUT2D eigenvalue weighted by atomic mass is 10.2. The third-order valence-corrected chi connectivity index (χ3v) is 3.57. The molecule has 0 aliphatic heterocycles. The van der Waals surface area contributed by atoms with Crippen molar-refractivity contribution >= 4 is 15.5 Å². The van der Waals surface area contributed by atoms with Crippen molar-refractivity contribution in [3.8, 4) is 0 Å². The molecule has 0 fully saturated rings. The molecule has 1 atom stereocenters. The Labute approximate surface area is 158 Å². The summed E-state index contributed by atoms with van der Waals surface area (Å²) >= 11 is 0. The molecule has 0 bridgehead atoms. The van der Waals surface area contributed by atoms with Crippen LogP contribution in [0, 0.1) is 0 Å². The molecule has 0 heterocycles. The van der Waals surface area contributed by atoms with Gasteiger partial charge >= 0.3 is 0 Å². The zero-order valence-electron chi connectivity index (χ0n) is 15.7. The lowest BCUT2D eigenvalue weighted by Gasteiger charge is -2.08. The van der Waals surface area contributed by atoms with E-state index in [1.807, 2.05) is 43.5 Å². The summed E-state index contributed by atoms with van der Waals surface area (Å²) in [4.78, 5) is 3.96. The smallest absolute Gasteiger partial charge is 0.283 e. The fourth-order valence-corrected chi connectivity index (χ4v) is 1.76. The Morgan fingerprint density at radius 1 is 1.08 bits per heavy atom. The van der Waals surface area contributed by atoms with Gasteiger partial charge < -0.3 is 5.73 Å². The Balaban J connectivity index is 0.000000365. The first-order valence-electron chi connectivity index (χ1n) is 8.44. The molecule has 5 heteroatoms. The molecular weight excluding hydrogens is 349 g/mol. The van der Waals surface area contributed by atoms with Gasteiger partial charge in [-0.05, 0) is 25.8 Å². The van der Waals surface area contributed by atoms with Gasteiger partial charge in [-0.1, -0.05) is 82.4 Å². The summed E-state index contributed by atoms with van der Waals surface area (Å²) in [6.07, 6.45) is 4.77. The Kier molecular flexibility index (Phi) is 13.2. The number of allylic oxidation sites excluding steroid dienone is 1. The van der Waals surface area contributed by atoms with Crippen molar-refractivity contribution in [2.75, 3.05) is 0 Å². The molecule has 0 radical (unpaired) electrons. The van der Waals surface area contributed by atoms with Gasteiger partial charge in [0.25, 0.3) is 5.66 Å². The second kappa shape index (κ2) is 14.3. The summed E-state index contributed by atoms with van der Waals surface area (Å²) in [6.45, 7) is 6.75. The van der Waals surface area contributed by atoms with Crippen LogP contribution in [0.15, 0.2) is 77.4 Å². The van der Waals surface area contributed by atoms with Gasteiger partial charge in [-0.2, -0.15) is 8.78 Å². The third-order valence-electron chi connectivity index (χ3n) is 3.24. The number of aliphatic imine (C=N–C) groups is 1. The monoisotopic (exact) mass is 378 g/mol. The zero-order valence-corrected chi connectivity index (χ0v) is 16.9. The molecule has 0 aliphatic carbocycles. The maximum Gasteiger partial charge on any atom is 0.283 e. The number of halogens is 2. The maximum atomic E-state index is 12.4. The number of rotatable bonds is 4. The largest absolute Gasteiger partial charge is 0.326 e. The number of nitrogens with zero attached hydrogens (tertiary/aromatic N) is 1. The average molecular weight is 378 g/mol. The lowest BCUT2D eigenvalue weighted by Crippen LogP contribution is -2.00. The number of alkyl halides is 2. The minimum absolute atomic E-state index is 0.0278. The van der Waals surface area contributed by atoms with E-state index in [0.29, 0.717) is 6.54 Å². The van der Waals surface area contributed by atoms with Gasteiger partial charge in [-0.15, -0.1) is 0 Å². The number of hydrogen-bond donors (Lipinski definition) is 1. The van der Waals surface area contributed by atoms with E-state index >= 15 is 0 Å². The molecule has 2 rings (SSSR count). The summed E-state index contributed by atoms with van der Waals surface area (Å²) in [6, 6.07) is 17.7. The molecule has 0 aromatic heterocycles. The lowest BCUT2D eigenvalue weighted by molar-refractivity contribution is 0.104. The highest BCUT2D eigenvalue weighted by molar-refractivity contribution is 7.17. The van der Waals surface area contributed by atoms with Crippen molar-refractivity contribution in [3.05, 3.63) is 83.6 Å². The van der Waals surface area contributed by atoms with Crippen molar-refractivity contribution in [1.29, 1.82) is 0 Å². The van der Waals surface area contributed by atoms with Crippen LogP contribution in [0.1, 0.15) is 38.3 Å². The highest BCUT2D eigenvalue weighted by atomic mass is 31.0. The molecular formula is C21H29F2N2P. The zero-order chi connectivity index (χ0) is 19.8. The molecule has 0 saturated carbocycles. The van der Waals surface area contributed by atoms with E-state index in [-0.39, 0.29) is 5.56 Å². The van der Waals surface area contributed by atoms with E-state index in [4.69, 9.17) is 5.73 Å². The molecule has 2 N–H and O–H groups in total. The number of hydrogen-bond acceptors (Lipinski definition) is 2. The SMILES string of the molecule is CC=N/C=C(/C)CC.FC(F)(P)c1ccccc1.NCc1ccccc1. The van der Waals surface area contributed by atoms with Gasteiger partial charge in [-0.25, -0.2) is 0 Å². The van der Waals surface area contributed by atoms with Crippen LogP contribution in [-0.4, -0.2) is 6.21 Å². The summed E-state index contributed by atoms with van der Waals surface area (Å²) in [5.74, 6) is 0. The Hall–Kier alpha value is -1.90. The van der Waals surface area contributed by atoms with Gasteiger partial charge in [0.15, 0.2) is 0 Å². The van der Waals surface area contributed by atoms with Crippen molar-refractivity contribution < 1.29 is 8.78 Å². The number of nitrogens with two attached hydrogens (primary N) is 1. The fourth-order valence-electron chi connectivity index (χ4n) is 1.57. The first-order valence-corrected chi connectivity index (χ1v) is 9.02. The quantitative estimate of drug-likeness (QED) is 0.503. The molecule has 2 aromatic carbocycles. The van der Waals surface area contributed by atoms with E-state index in [1.54, 1.807) is 24.4 Å². The molecule has 0 aliphatic rings. The highest BCUT2D eigenvalue weighted by Gasteiger charge is 2.23. The van der Waals surface area contributed by atoms with Crippen LogP contribution in [-0.2, 0) is 12.2 Å². The average Bonchev–Trinajstić information content (AvgIpc) is 2.67. The van der Waals surface area contributed by atoms with E-state index in [2.05, 4.69) is 18.8 Å². The highest BCUT2D eigenvalue weighted by Crippen LogP contribution is 2.33. The first kappa shape index (κ1) is 24.1. The molecule has 2 nitrogen and oxygen atoms in total. The van der Waals surface area contributed by atoms with Gasteiger partial charge in [0.1, 0.15) is 0 Å². The minimum Gasteiger partial charge on any atom is -0.326 e. The van der Waals surface area contributed by atoms with Crippen LogP contribution in [0.25, 0.3) is 0 Å². The molecule has 0 spiro atoms. The van der Waals surface area contributed by atoms with E-state index in [9.17, 15) is 8.78 Å². The summed E-state index contributed by atoms with van der Waals surface area (Å²) < 4.78 is 24.8. The van der Waals surface area contributed by atoms with Crippen molar-refractivity contribution in [2.24, 2.45) is 10.7 Å². The fraction of sp³-hybridized carbons (Fsp3) is 0.286. The van der Waals surface area contributed by atoms with Crippen LogP contribution in [0.4, 0.5) is 8.78 Å². The standard InChI is InChI=1S/C7H7F2P.C7H9N.C7H13N/c8-7(9,10)6-4-2-1-3-5-6;8-6-7-4-2-1-3-5-7;1-4-7(3)6-8-5-2/h1-5H,10H2;1-5H,6,8H2;5-6H,4H2,1-3H3/b;;7-6-,8-5?. The van der Waals surface area contributed by atoms with Gasteiger partial charge in [0.05, 0.1) is 0 Å². The number of benzene rings is 2. The molecule has 26 heavy (non-hydrogen) atoms. The van der Waals surface area contributed by atoms with Crippen LogP contribution in [0.5, 0.6) is 0 Å². The van der Waals surface area contributed by atoms with Gasteiger partial charge in [0, 0.05) is 24.5 Å². The van der Waals surface area contributed by atoms with E-state index in [1.165, 1.54) is 32.5 Å². The Bertz CT molecular complexity index is 636. The van der Waals surface area contributed by atoms with Crippen LogP contribution < -0.4 is 5.73 Å². The normalized spacial score (nSPS) is 11.3. The van der Waals surface area contributed by atoms with Crippen LogP contribution in [0.3, 0.4) is 0 Å². The van der Waals surface area contributed by atoms with Crippen molar-refractivity contribution in [3.63, 3.8) is 0 Å². The predicted octanol–water partition coefficient (Wildman–Crippen LogP) is 6.15. The topological polar surface area (TPSA) is 38.4 Å². The van der Waals surface area contributed by atoms with Crippen LogP contribution in [0.2, 0.25) is 0 Å². The molecule has 0 saturated heterocycles. The summed E-state index contributed by atoms with van der Waals surface area (Å²) in [5.41, 5.74) is 5.10. The van der Waals surface area contributed by atoms with Crippen molar-refractivity contribution in [2.45, 2.75) is 39.4 Å². The van der Waals surface area contributed by atoms with Gasteiger partial charge in [-0.3, -0.25) is 4.99 Å². The third kappa shape index (κ3) is 12.5. The first-order chi connectivity index (χ1) is 12.3. The predicted molar refractivity (Wildman–Crippen MR) is 113 cm³/mol. The summed E-state index contributed by atoms with van der Waals surface area (Å²) in [7, 11) is 1.50. The molecule has 0 amide bonds. The maximum absolute atomic E-state index is 12.4. The molecule has 142 valence electrons. The van der Waals surface area contributed by atoms with Crippen molar-refractivity contribution in [1.82, 2.24) is 0 Å². The summed E-state index contributed by atoms with van der Waals surface area (Å²) in [5, 5.41) is 0.